The van der Waals surface area contributed by atoms with Crippen molar-refractivity contribution in [3.63, 3.8) is 0 Å². The SMILES string of the molecule is CSCC[C@H](NC(=O)[C@@H](N)CO)C(=O)N[C@@H](CCC(N)=O)C(=O)N[C@@H](C)C(=O)N[C@@H](CO)C(=O)N[C@@H](CC(C)C)C(=O)N[C@@H](CCC(=O)O)C(=O)N[C@@H](C)C(=O)N[C@@H](CCC(=O)O)C(=O)N[C@@H](C)C(=O)N[C@@H](CCCCN)C(=O)NCC(=O)N[C@@H](CCCCN)C(=O)N[C@@H](C)C(=O)N[C@@H](CCC(=O)O)C(=O)N[C@@H](C)C(=O)O. The number of thioether (sulfide) groups is 1. The predicted octanol–water partition coefficient (Wildman–Crippen LogP) is -9.70. The molecular weight excluding hydrogens is 1510 g/mol. The molecule has 16 amide bonds. The lowest BCUT2D eigenvalue weighted by Gasteiger charge is -2.27. The summed E-state index contributed by atoms with van der Waals surface area (Å²) >= 11 is 1.31. The summed E-state index contributed by atoms with van der Waals surface area (Å²) in [6, 6.07) is -23.2. The number of carbonyl (C=O) groups is 20. The van der Waals surface area contributed by atoms with Gasteiger partial charge in [0.15, 0.2) is 0 Å². The van der Waals surface area contributed by atoms with E-state index in [0.717, 1.165) is 27.7 Å². The Hall–Kier alpha value is -10.4. The molecule has 0 heterocycles. The van der Waals surface area contributed by atoms with Gasteiger partial charge in [-0.25, -0.2) is 0 Å². The molecule has 0 aliphatic carbocycles. The molecule has 112 heavy (non-hydrogen) atoms. The molecule has 634 valence electrons. The van der Waals surface area contributed by atoms with Crippen LogP contribution in [0.5, 0.6) is 0 Å². The van der Waals surface area contributed by atoms with Gasteiger partial charge >= 0.3 is 23.9 Å². The lowest BCUT2D eigenvalue weighted by molar-refractivity contribution is -0.142. The van der Waals surface area contributed by atoms with E-state index in [0.29, 0.717) is 18.6 Å². The first-order valence-electron chi connectivity index (χ1n) is 36.0. The number of amides is 16. The third-order valence-corrected chi connectivity index (χ3v) is 17.1. The minimum absolute atomic E-state index is 0.0292. The van der Waals surface area contributed by atoms with Crippen LogP contribution in [0.3, 0.4) is 0 Å². The second-order valence-corrected chi connectivity index (χ2v) is 27.6. The highest BCUT2D eigenvalue weighted by molar-refractivity contribution is 7.98. The quantitative estimate of drug-likeness (QED) is 0.0251. The molecule has 0 unspecified atom stereocenters. The van der Waals surface area contributed by atoms with E-state index in [4.69, 9.17) is 22.9 Å². The van der Waals surface area contributed by atoms with Crippen molar-refractivity contribution in [1.29, 1.82) is 0 Å². The second kappa shape index (κ2) is 54.2. The van der Waals surface area contributed by atoms with Crippen molar-refractivity contribution in [2.24, 2.45) is 28.9 Å². The fourth-order valence-corrected chi connectivity index (χ4v) is 10.4. The summed E-state index contributed by atoms with van der Waals surface area (Å²) in [6.45, 7) is 6.60. The van der Waals surface area contributed by atoms with Crippen molar-refractivity contribution in [2.45, 2.75) is 242 Å². The Balaban J connectivity index is 6.44. The van der Waals surface area contributed by atoms with Crippen molar-refractivity contribution in [3.05, 3.63) is 0 Å². The molecule has 0 saturated heterocycles. The Bertz CT molecular complexity index is 3250. The van der Waals surface area contributed by atoms with E-state index < -0.39 is 286 Å². The predicted molar refractivity (Wildman–Crippen MR) is 395 cm³/mol. The highest BCUT2D eigenvalue weighted by atomic mass is 32.2. The van der Waals surface area contributed by atoms with Crippen molar-refractivity contribution in [1.82, 2.24) is 79.8 Å². The summed E-state index contributed by atoms with van der Waals surface area (Å²) in [5.74, 6) is -22.3. The second-order valence-electron chi connectivity index (χ2n) is 26.6. The minimum atomic E-state index is -1.85. The molecular formula is C66H113N19O26S. The molecule has 46 heteroatoms. The number of unbranched alkanes of at least 4 members (excludes halogenated alkanes) is 2. The van der Waals surface area contributed by atoms with Gasteiger partial charge < -0.3 is 133 Å². The van der Waals surface area contributed by atoms with E-state index in [1.165, 1.54) is 18.7 Å². The van der Waals surface area contributed by atoms with Crippen LogP contribution in [0.15, 0.2) is 0 Å². The molecule has 45 nitrogen and oxygen atoms in total. The zero-order valence-corrected chi connectivity index (χ0v) is 64.7. The fraction of sp³-hybridized carbons (Fsp3) is 0.697. The van der Waals surface area contributed by atoms with Gasteiger partial charge in [-0.05, 0) is 143 Å². The van der Waals surface area contributed by atoms with Crippen molar-refractivity contribution < 1.29 is 127 Å². The Kier molecular flexibility index (Phi) is 49.2. The maximum atomic E-state index is 14.0. The van der Waals surface area contributed by atoms with Crippen LogP contribution in [-0.2, 0) is 95.9 Å². The molecule has 29 N–H and O–H groups in total. The zero-order chi connectivity index (χ0) is 85.7. The normalized spacial score (nSPS) is 15.0. The zero-order valence-electron chi connectivity index (χ0n) is 63.9. The lowest BCUT2D eigenvalue weighted by Crippen LogP contribution is -2.60. The molecule has 0 bridgehead atoms. The molecule has 0 spiro atoms. The molecule has 0 fully saturated rings. The number of aliphatic carboxylic acids is 4. The van der Waals surface area contributed by atoms with E-state index in [9.17, 15) is 127 Å². The largest absolute Gasteiger partial charge is 0.481 e. The van der Waals surface area contributed by atoms with E-state index in [1.54, 1.807) is 20.1 Å². The first kappa shape index (κ1) is 102. The van der Waals surface area contributed by atoms with E-state index >= 15 is 0 Å². The number of aliphatic hydroxyl groups is 2. The van der Waals surface area contributed by atoms with Gasteiger partial charge in [-0.15, -0.1) is 0 Å². The molecule has 0 rings (SSSR count). The van der Waals surface area contributed by atoms with Crippen LogP contribution in [0, 0.1) is 5.92 Å². The van der Waals surface area contributed by atoms with Crippen LogP contribution in [-0.4, -0.2) is 285 Å². The van der Waals surface area contributed by atoms with Gasteiger partial charge in [0.1, 0.15) is 90.6 Å². The molecule has 0 saturated carbocycles. The maximum absolute atomic E-state index is 14.0. The monoisotopic (exact) mass is 1620 g/mol. The Morgan fingerprint density at radius 2 is 0.625 bits per heavy atom. The Labute approximate surface area is 649 Å². The van der Waals surface area contributed by atoms with Crippen molar-refractivity contribution >= 4 is 130 Å². The molecule has 15 atom stereocenters. The van der Waals surface area contributed by atoms with Crippen LogP contribution in [0.4, 0.5) is 0 Å². The highest BCUT2D eigenvalue weighted by Crippen LogP contribution is 2.12. The number of hydrogen-bond donors (Lipinski definition) is 25. The van der Waals surface area contributed by atoms with Gasteiger partial charge in [0, 0.05) is 25.7 Å². The summed E-state index contributed by atoms with van der Waals surface area (Å²) in [4.78, 5) is 260. The minimum Gasteiger partial charge on any atom is -0.481 e. The maximum Gasteiger partial charge on any atom is 0.325 e. The number of nitrogens with one attached hydrogen (secondary N) is 15. The van der Waals surface area contributed by atoms with Gasteiger partial charge in [0.2, 0.25) is 94.5 Å². The molecule has 0 aromatic heterocycles. The fourth-order valence-electron chi connectivity index (χ4n) is 9.89. The number of hydrogen-bond acceptors (Lipinski definition) is 26. The third-order valence-electron chi connectivity index (χ3n) is 16.4. The van der Waals surface area contributed by atoms with Crippen LogP contribution in [0.2, 0.25) is 0 Å². The Morgan fingerprint density at radius 1 is 0.330 bits per heavy atom. The van der Waals surface area contributed by atoms with Crippen molar-refractivity contribution in [3.8, 4) is 0 Å². The smallest absolute Gasteiger partial charge is 0.325 e. The van der Waals surface area contributed by atoms with Crippen LogP contribution in [0.1, 0.15) is 151 Å². The van der Waals surface area contributed by atoms with Crippen molar-refractivity contribution in [2.75, 3.05) is 44.9 Å². The molecule has 0 aliphatic rings. The summed E-state index contributed by atoms with van der Waals surface area (Å²) in [5, 5.41) is 92.0. The summed E-state index contributed by atoms with van der Waals surface area (Å²) in [7, 11) is 0. The van der Waals surface area contributed by atoms with Gasteiger partial charge in [-0.3, -0.25) is 95.9 Å². The van der Waals surface area contributed by atoms with Gasteiger partial charge in [0.25, 0.3) is 0 Å². The van der Waals surface area contributed by atoms with Crippen LogP contribution < -0.4 is 103 Å². The number of carboxylic acid groups (broad SMARTS) is 4. The number of carboxylic acids is 4. The molecule has 0 aliphatic heterocycles. The number of carbonyl (C=O) groups excluding carboxylic acids is 16. The van der Waals surface area contributed by atoms with Crippen LogP contribution in [0.25, 0.3) is 0 Å². The first-order valence-corrected chi connectivity index (χ1v) is 37.4. The molecule has 0 aromatic rings. The van der Waals surface area contributed by atoms with E-state index in [1.807, 2.05) is 0 Å². The summed E-state index contributed by atoms with van der Waals surface area (Å²) < 4.78 is 0. The number of nitrogens with two attached hydrogens (primary N) is 4. The highest BCUT2D eigenvalue weighted by Gasteiger charge is 2.37. The topological polar surface area (TPSA) is 747 Å². The number of primary amides is 1. The average molecular weight is 1620 g/mol. The Morgan fingerprint density at radius 3 is 0.955 bits per heavy atom. The summed E-state index contributed by atoms with van der Waals surface area (Å²) in [5.41, 5.74) is 22.2. The van der Waals surface area contributed by atoms with Gasteiger partial charge in [-0.2, -0.15) is 11.8 Å². The first-order chi connectivity index (χ1) is 52.5. The number of rotatable bonds is 58. The van der Waals surface area contributed by atoms with Gasteiger partial charge in [0.05, 0.1) is 19.8 Å². The lowest BCUT2D eigenvalue weighted by atomic mass is 10.0. The number of aliphatic hydroxyl groups excluding tert-OH is 2. The van der Waals surface area contributed by atoms with E-state index in [2.05, 4.69) is 79.8 Å². The molecule has 0 aromatic carbocycles. The van der Waals surface area contributed by atoms with E-state index in [-0.39, 0.29) is 51.6 Å². The molecule has 0 radical (unpaired) electrons. The summed E-state index contributed by atoms with van der Waals surface area (Å²) in [6.07, 6.45) is -2.13. The third kappa shape index (κ3) is 41.5. The van der Waals surface area contributed by atoms with Crippen LogP contribution >= 0.6 is 11.8 Å². The standard InChI is InChI=1S/C66H113N19O26S/c1-31(2)27-45(84-65(109)46(30-87)85-55(99)35(6)75-59(103)40(15-19-47(70)88)82-63(107)44(23-26-112-8)81-56(100)37(69)29-86)64(108)83-43(18-22-51(94)95)61(105)74-34(5)54(98)79-41(16-20-49(90)91)60(104)73-32(3)52(96)78-38(13-9-11-24-67)57(101)71-28-48(89)77-39(14-10-12-25-68)58(102)72-33(4)53(97)80-42(17-21-50(92)93)62(106)76-36(7)66(110)111/h31-46,86-87H,9-30,67-69H2,1-8H3,(H2,70,88)(H,71,101)(H,72,102)(H,73,104)(H,74,105)(H,75,103)(H,76,106)(H,77,89)(H,78,96)(H,79,98)(H,80,97)(H,81,100)(H,82,107)(H,83,108)(H,84,109)(H,85,99)(H,90,91)(H,92,93)(H,94,95)(H,110,111)/t32-,33-,34-,35-,36-,37-,38-,39-,40-,41-,42-,43-,44-,45-,46-/m0/s1. The average Bonchev–Trinajstić information content (AvgIpc) is 0.866. The van der Waals surface area contributed by atoms with Gasteiger partial charge in [-0.1, -0.05) is 13.8 Å².